The van der Waals surface area contributed by atoms with Crippen molar-refractivity contribution in [3.8, 4) is 0 Å². The van der Waals surface area contributed by atoms with Gasteiger partial charge >= 0.3 is 0 Å². The number of sulfone groups is 1. The van der Waals surface area contributed by atoms with Crippen molar-refractivity contribution in [3.63, 3.8) is 0 Å². The Morgan fingerprint density at radius 3 is 2.72 bits per heavy atom. The fourth-order valence-electron chi connectivity index (χ4n) is 4.56. The van der Waals surface area contributed by atoms with Crippen molar-refractivity contribution in [3.05, 3.63) is 40.9 Å². The van der Waals surface area contributed by atoms with Gasteiger partial charge in [0.1, 0.15) is 17.4 Å². The minimum absolute atomic E-state index is 0.0361. The maximum Gasteiger partial charge on any atom is 0.242 e. The number of nitrogens with zero attached hydrogens (tertiary/aromatic N) is 5. The molecule has 5 N–H and O–H groups in total. The van der Waals surface area contributed by atoms with E-state index in [1.165, 1.54) is 6.33 Å². The van der Waals surface area contributed by atoms with Crippen LogP contribution in [0.25, 0.3) is 11.2 Å². The van der Waals surface area contributed by atoms with E-state index in [0.717, 1.165) is 16.8 Å². The van der Waals surface area contributed by atoms with E-state index >= 15 is 0 Å². The number of hydrogen-bond acceptors (Lipinski definition) is 9. The number of carbonyl (C=O) groups excluding carboxylic acids is 1. The lowest BCUT2D eigenvalue weighted by Gasteiger charge is -2.27. The van der Waals surface area contributed by atoms with Crippen LogP contribution in [0.5, 0.6) is 0 Å². The first-order valence-corrected chi connectivity index (χ1v) is 14.0. The third-order valence-electron chi connectivity index (χ3n) is 6.69. The molecule has 1 fully saturated rings. The zero-order chi connectivity index (χ0) is 26.1. The molecule has 1 aromatic carbocycles. The Morgan fingerprint density at radius 2 is 2.00 bits per heavy atom. The number of halogens is 1. The number of benzene rings is 1. The van der Waals surface area contributed by atoms with E-state index < -0.39 is 15.4 Å². The Hall–Kier alpha value is -2.96. The maximum atomic E-state index is 12.9. The average Bonchev–Trinajstić information content (AvgIpc) is 3.45. The second-order valence-corrected chi connectivity index (χ2v) is 11.9. The van der Waals surface area contributed by atoms with Crippen LogP contribution in [-0.4, -0.2) is 70.5 Å². The molecule has 11 nitrogen and oxygen atoms in total. The lowest BCUT2D eigenvalue weighted by Crippen LogP contribution is -2.56. The maximum absolute atomic E-state index is 12.9. The molecule has 13 heteroatoms. The summed E-state index contributed by atoms with van der Waals surface area (Å²) in [6.07, 6.45) is 4.22. The van der Waals surface area contributed by atoms with Crippen molar-refractivity contribution in [2.45, 2.75) is 38.8 Å². The molecule has 3 heterocycles. The highest BCUT2D eigenvalue weighted by molar-refractivity contribution is 7.91. The standard InChI is InChI=1S/C23H31ClN8O3S/c1-3-15-16(11-32-14-30-19-20(25)28-13-29-21(19)32)18(6-5-17(15)24)31-9-7-23(26,12-31)22(33)27-8-10-36(34,35)4-2/h5-6,13-14H,3-4,7-12,26H2,1-2H3,(H,27,33)(H2,25,28,29). The molecule has 194 valence electrons. The van der Waals surface area contributed by atoms with Crippen molar-refractivity contribution in [2.75, 3.05) is 41.8 Å². The number of aromatic nitrogens is 4. The molecule has 0 spiro atoms. The molecule has 0 bridgehead atoms. The first-order valence-electron chi connectivity index (χ1n) is 11.8. The van der Waals surface area contributed by atoms with E-state index in [4.69, 9.17) is 23.1 Å². The van der Waals surface area contributed by atoms with Crippen molar-refractivity contribution in [2.24, 2.45) is 5.73 Å². The molecule has 4 rings (SSSR count). The van der Waals surface area contributed by atoms with Crippen LogP contribution in [0.2, 0.25) is 5.02 Å². The molecule has 1 unspecified atom stereocenters. The minimum Gasteiger partial charge on any atom is -0.382 e. The van der Waals surface area contributed by atoms with Gasteiger partial charge in [0.05, 0.1) is 18.6 Å². The van der Waals surface area contributed by atoms with E-state index in [9.17, 15) is 13.2 Å². The Morgan fingerprint density at radius 1 is 1.22 bits per heavy atom. The fraction of sp³-hybridized carbons (Fsp3) is 0.478. The normalized spacial score (nSPS) is 18.2. The summed E-state index contributed by atoms with van der Waals surface area (Å²) in [4.78, 5) is 27.7. The van der Waals surface area contributed by atoms with Gasteiger partial charge in [-0.2, -0.15) is 0 Å². The van der Waals surface area contributed by atoms with E-state index in [1.54, 1.807) is 13.3 Å². The van der Waals surface area contributed by atoms with Crippen LogP contribution in [-0.2, 0) is 27.6 Å². The molecule has 1 aliphatic rings. The Labute approximate surface area is 215 Å². The van der Waals surface area contributed by atoms with Gasteiger partial charge < -0.3 is 26.3 Å². The zero-order valence-corrected chi connectivity index (χ0v) is 21.9. The van der Waals surface area contributed by atoms with E-state index in [1.807, 2.05) is 23.6 Å². The van der Waals surface area contributed by atoms with Gasteiger partial charge in [-0.15, -0.1) is 0 Å². The highest BCUT2D eigenvalue weighted by atomic mass is 35.5. The number of anilines is 2. The van der Waals surface area contributed by atoms with E-state index in [2.05, 4.69) is 25.2 Å². The number of nitrogen functional groups attached to an aromatic ring is 1. The number of nitrogens with one attached hydrogen (secondary N) is 1. The van der Waals surface area contributed by atoms with Gasteiger partial charge in [-0.25, -0.2) is 23.4 Å². The number of amides is 1. The van der Waals surface area contributed by atoms with Gasteiger partial charge in [0.25, 0.3) is 0 Å². The monoisotopic (exact) mass is 534 g/mol. The molecule has 0 saturated carbocycles. The molecule has 1 aliphatic heterocycles. The van der Waals surface area contributed by atoms with Crippen LogP contribution in [0.15, 0.2) is 24.8 Å². The third-order valence-corrected chi connectivity index (χ3v) is 8.75. The summed E-state index contributed by atoms with van der Waals surface area (Å²) in [5.41, 5.74) is 15.4. The van der Waals surface area contributed by atoms with Crippen LogP contribution in [0.3, 0.4) is 0 Å². The number of hydrogen-bond donors (Lipinski definition) is 3. The topological polar surface area (TPSA) is 162 Å². The summed E-state index contributed by atoms with van der Waals surface area (Å²) in [6.45, 7) is 4.96. The van der Waals surface area contributed by atoms with Crippen LogP contribution in [0.1, 0.15) is 31.4 Å². The molecule has 1 saturated heterocycles. The first kappa shape index (κ1) is 26.1. The van der Waals surface area contributed by atoms with Crippen molar-refractivity contribution in [1.29, 1.82) is 0 Å². The second kappa shape index (κ2) is 10.2. The van der Waals surface area contributed by atoms with E-state index in [-0.39, 0.29) is 30.5 Å². The quantitative estimate of drug-likeness (QED) is 0.365. The van der Waals surface area contributed by atoms with Gasteiger partial charge in [-0.05, 0) is 36.1 Å². The highest BCUT2D eigenvalue weighted by Gasteiger charge is 2.41. The zero-order valence-electron chi connectivity index (χ0n) is 20.4. The van der Waals surface area contributed by atoms with Crippen molar-refractivity contribution in [1.82, 2.24) is 24.8 Å². The summed E-state index contributed by atoms with van der Waals surface area (Å²) >= 11 is 6.58. The summed E-state index contributed by atoms with van der Waals surface area (Å²) in [6, 6.07) is 3.80. The van der Waals surface area contributed by atoms with E-state index in [0.29, 0.717) is 47.9 Å². The van der Waals surface area contributed by atoms with Gasteiger partial charge in [0, 0.05) is 36.1 Å². The molecule has 0 aliphatic carbocycles. The minimum atomic E-state index is -3.18. The van der Waals surface area contributed by atoms with Gasteiger partial charge in [0.15, 0.2) is 21.3 Å². The molecular formula is C23H31ClN8O3S. The SMILES string of the molecule is CCc1c(Cl)ccc(N2CCC(N)(C(=O)NCCS(=O)(=O)CC)C2)c1Cn1cnc2c(N)ncnc21. The molecule has 1 amide bonds. The largest absolute Gasteiger partial charge is 0.382 e. The highest BCUT2D eigenvalue weighted by Crippen LogP contribution is 2.35. The number of fused-ring (bicyclic) bond motifs is 1. The predicted octanol–water partition coefficient (Wildman–Crippen LogP) is 1.13. The van der Waals surface area contributed by atoms with Crippen LogP contribution in [0.4, 0.5) is 11.5 Å². The second-order valence-electron chi connectivity index (χ2n) is 9.00. The van der Waals surface area contributed by atoms with Gasteiger partial charge in [-0.1, -0.05) is 25.4 Å². The third kappa shape index (κ3) is 5.11. The Balaban J connectivity index is 1.59. The van der Waals surface area contributed by atoms with Crippen LogP contribution < -0.4 is 21.7 Å². The van der Waals surface area contributed by atoms with Gasteiger partial charge in [-0.3, -0.25) is 4.79 Å². The molecule has 36 heavy (non-hydrogen) atoms. The first-order chi connectivity index (χ1) is 17.1. The molecular weight excluding hydrogens is 504 g/mol. The van der Waals surface area contributed by atoms with Crippen molar-refractivity contribution >= 4 is 50.0 Å². The molecule has 0 radical (unpaired) electrons. The Kier molecular flexibility index (Phi) is 7.39. The summed E-state index contributed by atoms with van der Waals surface area (Å²) < 4.78 is 25.4. The van der Waals surface area contributed by atoms with Gasteiger partial charge in [0.2, 0.25) is 5.91 Å². The molecule has 2 aromatic heterocycles. The molecule has 3 aromatic rings. The number of nitrogens with two attached hydrogens (primary N) is 2. The number of rotatable bonds is 9. The van der Waals surface area contributed by atoms with Crippen molar-refractivity contribution < 1.29 is 13.2 Å². The van der Waals surface area contributed by atoms with Crippen LogP contribution >= 0.6 is 11.6 Å². The molecule has 1 atom stereocenters. The Bertz CT molecular complexity index is 1390. The fourth-order valence-corrected chi connectivity index (χ4v) is 5.57. The number of imidazole rings is 1. The smallest absolute Gasteiger partial charge is 0.242 e. The predicted molar refractivity (Wildman–Crippen MR) is 141 cm³/mol. The summed E-state index contributed by atoms with van der Waals surface area (Å²) in [7, 11) is -3.18. The number of carbonyl (C=O) groups is 1. The average molecular weight is 535 g/mol. The lowest BCUT2D eigenvalue weighted by molar-refractivity contribution is -0.125. The van der Waals surface area contributed by atoms with Crippen LogP contribution in [0, 0.1) is 0 Å². The lowest BCUT2D eigenvalue weighted by atomic mass is 9.98. The summed E-state index contributed by atoms with van der Waals surface area (Å²) in [5.74, 6) is -0.112. The summed E-state index contributed by atoms with van der Waals surface area (Å²) in [5, 5.41) is 3.36.